The normalized spacial score (nSPS) is 23.5. The summed E-state index contributed by atoms with van der Waals surface area (Å²) in [5.41, 5.74) is 10.9. The number of nitrogens with one attached hydrogen (secondary N) is 1. The molecule has 2 saturated heterocycles. The van der Waals surface area contributed by atoms with Crippen molar-refractivity contribution >= 4 is 17.8 Å². The predicted molar refractivity (Wildman–Crippen MR) is 151 cm³/mol. The summed E-state index contributed by atoms with van der Waals surface area (Å²) in [5, 5.41) is 2.68. The summed E-state index contributed by atoms with van der Waals surface area (Å²) >= 11 is 0. The van der Waals surface area contributed by atoms with Gasteiger partial charge < -0.3 is 26.0 Å². The van der Waals surface area contributed by atoms with Crippen LogP contribution in [0.2, 0.25) is 0 Å². The summed E-state index contributed by atoms with van der Waals surface area (Å²) < 4.78 is 7.42. The molecule has 12 nitrogen and oxygen atoms in total. The molecule has 3 unspecified atom stereocenters. The number of carbonyl (C=O) groups excluding carboxylic acids is 2. The van der Waals surface area contributed by atoms with Crippen LogP contribution in [0.4, 0.5) is 10.6 Å². The topological polar surface area (TPSA) is 152 Å². The van der Waals surface area contributed by atoms with E-state index in [0.29, 0.717) is 50.4 Å². The number of hydrogen-bond donors (Lipinski definition) is 3. The molecule has 1 aliphatic carbocycles. The Morgan fingerprint density at radius 2 is 1.70 bits per heavy atom. The molecule has 5 N–H and O–H groups in total. The maximum Gasteiger partial charge on any atom is 0.354 e. The number of nitrogens with two attached hydrogens (primary N) is 2. The third kappa shape index (κ3) is 5.98. The van der Waals surface area contributed by atoms with Gasteiger partial charge in [-0.25, -0.2) is 9.59 Å². The minimum absolute atomic E-state index is 0.147. The zero-order chi connectivity index (χ0) is 28.6. The van der Waals surface area contributed by atoms with Gasteiger partial charge in [0.25, 0.3) is 0 Å². The smallest absolute Gasteiger partial charge is 0.354 e. The number of nitrogens with zero attached hydrogens (tertiary/aromatic N) is 5. The van der Waals surface area contributed by atoms with Crippen molar-refractivity contribution in [2.45, 2.75) is 32.4 Å². The first kappa shape index (κ1) is 28.1. The summed E-state index contributed by atoms with van der Waals surface area (Å²) in [6.07, 6.45) is 1.58. The molecule has 2 aromatic rings. The molecule has 3 aliphatic rings. The molecule has 5 rings (SSSR count). The van der Waals surface area contributed by atoms with Gasteiger partial charge in [-0.15, -0.1) is 0 Å². The van der Waals surface area contributed by atoms with Crippen LogP contribution in [0, 0.1) is 17.8 Å². The standard InChI is InChI=1S/C28H40N8O4/c1-18(35-15-22-21(14-29)23(22)16-35)17-40-20-6-4-19(5-7-20)36-9-8-24(32-27(36)39)31-26(38)34-12-10-33(11-13-34)25(37)28(2,3)30/h4-9,18,21-23H,10-17,29-30H2,1-3H3,(H,31,32,38,39)/t18?,21?,22-,23?/m1/s1. The number of benzene rings is 1. The monoisotopic (exact) mass is 552 g/mol. The van der Waals surface area contributed by atoms with Crippen LogP contribution in [0.5, 0.6) is 5.75 Å². The largest absolute Gasteiger partial charge is 0.492 e. The first-order chi connectivity index (χ1) is 19.0. The van der Waals surface area contributed by atoms with Crippen LogP contribution in [0.1, 0.15) is 20.8 Å². The fourth-order valence-corrected chi connectivity index (χ4v) is 5.79. The summed E-state index contributed by atoms with van der Waals surface area (Å²) in [5.74, 6) is 2.99. The highest BCUT2D eigenvalue weighted by molar-refractivity contribution is 5.89. The van der Waals surface area contributed by atoms with E-state index in [1.165, 1.54) is 4.57 Å². The van der Waals surface area contributed by atoms with E-state index in [0.717, 1.165) is 37.2 Å². The van der Waals surface area contributed by atoms with Crippen molar-refractivity contribution in [2.24, 2.45) is 29.2 Å². The molecule has 3 amide bonds. The van der Waals surface area contributed by atoms with E-state index in [9.17, 15) is 14.4 Å². The molecule has 0 bridgehead atoms. The van der Waals surface area contributed by atoms with Crippen LogP contribution in [0.15, 0.2) is 41.3 Å². The number of piperazine rings is 1. The first-order valence-corrected chi connectivity index (χ1v) is 14.0. The van der Waals surface area contributed by atoms with Crippen LogP contribution >= 0.6 is 0 Å². The van der Waals surface area contributed by atoms with Crippen molar-refractivity contribution in [2.75, 3.05) is 57.7 Å². The minimum Gasteiger partial charge on any atom is -0.492 e. The lowest BCUT2D eigenvalue weighted by Crippen LogP contribution is -2.58. The third-order valence-corrected chi connectivity index (χ3v) is 8.35. The Balaban J connectivity index is 1.10. The number of carbonyl (C=O) groups is 2. The van der Waals surface area contributed by atoms with Crippen molar-refractivity contribution in [3.8, 4) is 11.4 Å². The molecule has 1 saturated carbocycles. The SMILES string of the molecule is CC(COc1ccc(-n2ccc(NC(=O)N3CCN(C(=O)C(C)(C)N)CC3)nc2=O)cc1)N1CC2C(CN)[C@H]2C1. The molecule has 2 aliphatic heterocycles. The van der Waals surface area contributed by atoms with E-state index in [1.807, 2.05) is 24.3 Å². The number of amides is 3. The van der Waals surface area contributed by atoms with Gasteiger partial charge in [-0.05, 0) is 75.4 Å². The van der Waals surface area contributed by atoms with E-state index in [2.05, 4.69) is 22.1 Å². The number of urea groups is 1. The molecular formula is C28H40N8O4. The quantitative estimate of drug-likeness (QED) is 0.429. The average molecular weight is 553 g/mol. The highest BCUT2D eigenvalue weighted by atomic mass is 16.5. The lowest BCUT2D eigenvalue weighted by molar-refractivity contribution is -0.137. The molecule has 1 aromatic carbocycles. The van der Waals surface area contributed by atoms with E-state index < -0.39 is 11.2 Å². The van der Waals surface area contributed by atoms with E-state index in [1.54, 1.807) is 35.9 Å². The Hall–Kier alpha value is -3.48. The summed E-state index contributed by atoms with van der Waals surface area (Å²) in [6.45, 7) is 10.7. The van der Waals surface area contributed by atoms with Gasteiger partial charge in [0.05, 0.1) is 11.2 Å². The van der Waals surface area contributed by atoms with Crippen molar-refractivity contribution in [3.63, 3.8) is 0 Å². The second kappa shape index (κ2) is 11.2. The van der Waals surface area contributed by atoms with Gasteiger partial charge in [-0.1, -0.05) is 0 Å². The van der Waals surface area contributed by atoms with E-state index >= 15 is 0 Å². The number of aromatic nitrogens is 2. The molecule has 3 heterocycles. The molecule has 40 heavy (non-hydrogen) atoms. The second-order valence-electron chi connectivity index (χ2n) is 11.7. The van der Waals surface area contributed by atoms with Crippen molar-refractivity contribution in [1.29, 1.82) is 0 Å². The predicted octanol–water partition coefficient (Wildman–Crippen LogP) is 0.550. The Bertz CT molecular complexity index is 1270. The molecule has 1 aromatic heterocycles. The van der Waals surface area contributed by atoms with Crippen LogP contribution in [-0.4, -0.2) is 100 Å². The van der Waals surface area contributed by atoms with Crippen LogP contribution < -0.4 is 27.2 Å². The number of piperidine rings is 1. The van der Waals surface area contributed by atoms with Crippen LogP contribution in [0.25, 0.3) is 5.69 Å². The van der Waals surface area contributed by atoms with E-state index in [-0.39, 0.29) is 17.8 Å². The number of anilines is 1. The van der Waals surface area contributed by atoms with Gasteiger partial charge in [0, 0.05) is 51.5 Å². The highest BCUT2D eigenvalue weighted by Gasteiger charge is 2.55. The zero-order valence-corrected chi connectivity index (χ0v) is 23.5. The maximum absolute atomic E-state index is 12.7. The molecule has 4 atom stereocenters. The van der Waals surface area contributed by atoms with Gasteiger partial charge in [-0.3, -0.25) is 19.6 Å². The lowest BCUT2D eigenvalue weighted by atomic mass is 10.1. The number of fused-ring (bicyclic) bond motifs is 1. The van der Waals surface area contributed by atoms with Gasteiger partial charge >= 0.3 is 11.7 Å². The molecule has 216 valence electrons. The number of hydrogen-bond acceptors (Lipinski definition) is 8. The van der Waals surface area contributed by atoms with Crippen molar-refractivity contribution in [3.05, 3.63) is 47.0 Å². The number of likely N-dealkylation sites (tertiary alicyclic amines) is 1. The number of ether oxygens (including phenoxy) is 1. The van der Waals surface area contributed by atoms with Gasteiger partial charge in [0.2, 0.25) is 5.91 Å². The molecule has 12 heteroatoms. The van der Waals surface area contributed by atoms with Crippen LogP contribution in [-0.2, 0) is 4.79 Å². The Morgan fingerprint density at radius 3 is 2.27 bits per heavy atom. The highest BCUT2D eigenvalue weighted by Crippen LogP contribution is 2.51. The minimum atomic E-state index is -0.951. The Kier molecular flexibility index (Phi) is 7.85. The molecule has 0 radical (unpaired) electrons. The summed E-state index contributed by atoms with van der Waals surface area (Å²) in [7, 11) is 0. The van der Waals surface area contributed by atoms with Crippen LogP contribution in [0.3, 0.4) is 0 Å². The number of rotatable bonds is 8. The zero-order valence-electron chi connectivity index (χ0n) is 23.5. The fraction of sp³-hybridized carbons (Fsp3) is 0.571. The second-order valence-corrected chi connectivity index (χ2v) is 11.7. The van der Waals surface area contributed by atoms with Crippen molar-refractivity contribution in [1.82, 2.24) is 24.3 Å². The third-order valence-electron chi connectivity index (χ3n) is 8.35. The fourth-order valence-electron chi connectivity index (χ4n) is 5.79. The summed E-state index contributed by atoms with van der Waals surface area (Å²) in [4.78, 5) is 47.5. The van der Waals surface area contributed by atoms with Crippen molar-refractivity contribution < 1.29 is 14.3 Å². The summed E-state index contributed by atoms with van der Waals surface area (Å²) in [6, 6.07) is 8.83. The molecular weight excluding hydrogens is 512 g/mol. The Morgan fingerprint density at radius 1 is 1.07 bits per heavy atom. The molecule has 3 fully saturated rings. The Labute approximate surface area is 234 Å². The van der Waals surface area contributed by atoms with E-state index in [4.69, 9.17) is 16.2 Å². The molecule has 0 spiro atoms. The van der Waals surface area contributed by atoms with Gasteiger partial charge in [-0.2, -0.15) is 4.98 Å². The maximum atomic E-state index is 12.7. The van der Waals surface area contributed by atoms with Gasteiger partial charge in [0.15, 0.2) is 0 Å². The lowest BCUT2D eigenvalue weighted by Gasteiger charge is -2.37. The average Bonchev–Trinajstić information content (AvgIpc) is 3.41. The van der Waals surface area contributed by atoms with Gasteiger partial charge in [0.1, 0.15) is 18.2 Å². The first-order valence-electron chi connectivity index (χ1n) is 14.0.